The summed E-state index contributed by atoms with van der Waals surface area (Å²) in [6.45, 7) is 1.69. The Hall–Kier alpha value is -1.80. The van der Waals surface area contributed by atoms with Crippen molar-refractivity contribution in [3.05, 3.63) is 18.2 Å². The maximum absolute atomic E-state index is 12.6. The summed E-state index contributed by atoms with van der Waals surface area (Å²) in [7, 11) is 0. The minimum atomic E-state index is -0.527. The second-order valence-corrected chi connectivity index (χ2v) is 6.76. The van der Waals surface area contributed by atoms with Gasteiger partial charge in [0.15, 0.2) is 11.2 Å². The molecule has 0 saturated carbocycles. The lowest BCUT2D eigenvalue weighted by Gasteiger charge is -2.25. The molecule has 0 spiro atoms. The number of hydrogen-bond acceptors (Lipinski definition) is 5. The molecule has 1 fully saturated rings. The molecular weight excluding hydrogens is 334 g/mol. The number of thioether (sulfide) groups is 1. The van der Waals surface area contributed by atoms with E-state index in [1.165, 1.54) is 4.90 Å². The van der Waals surface area contributed by atoms with Gasteiger partial charge in [-0.2, -0.15) is 11.8 Å². The number of rotatable bonds is 4. The molecule has 2 amide bonds. The molecule has 2 atom stereocenters. The SMILES string of the molecule is CSCC[C@H]1NC(=S)N(c2ccc3c(c2)NC(=O)[C@H](C)O3)C1=O. The Kier molecular flexibility index (Phi) is 4.45. The first-order chi connectivity index (χ1) is 11.0. The molecule has 1 aromatic rings. The van der Waals surface area contributed by atoms with Crippen LogP contribution in [0.2, 0.25) is 0 Å². The first-order valence-electron chi connectivity index (χ1n) is 7.26. The molecule has 1 aromatic carbocycles. The van der Waals surface area contributed by atoms with Crippen LogP contribution in [0.3, 0.4) is 0 Å². The second-order valence-electron chi connectivity index (χ2n) is 5.39. The van der Waals surface area contributed by atoms with Crippen LogP contribution in [-0.2, 0) is 9.59 Å². The van der Waals surface area contributed by atoms with Gasteiger partial charge in [0, 0.05) is 0 Å². The lowest BCUT2D eigenvalue weighted by Crippen LogP contribution is -2.35. The van der Waals surface area contributed by atoms with Crippen molar-refractivity contribution in [2.75, 3.05) is 22.2 Å². The standard InChI is InChI=1S/C15H17N3O3S2/c1-8-13(19)16-11-7-9(3-4-12(11)21-8)18-14(20)10(5-6-23-2)17-15(18)22/h3-4,7-8,10H,5-6H2,1-2H3,(H,16,19)(H,17,22)/t8-,10+/m0/s1. The van der Waals surface area contributed by atoms with Gasteiger partial charge in [0.1, 0.15) is 11.8 Å². The number of hydrogen-bond donors (Lipinski definition) is 2. The van der Waals surface area contributed by atoms with E-state index in [0.29, 0.717) is 22.2 Å². The summed E-state index contributed by atoms with van der Waals surface area (Å²) in [5, 5.41) is 6.23. The minimum absolute atomic E-state index is 0.0691. The fourth-order valence-corrected chi connectivity index (χ4v) is 3.35. The Balaban J connectivity index is 1.85. The van der Waals surface area contributed by atoms with E-state index >= 15 is 0 Å². The van der Waals surface area contributed by atoms with E-state index in [0.717, 1.165) is 12.2 Å². The maximum atomic E-state index is 12.6. The Morgan fingerprint density at radius 1 is 1.39 bits per heavy atom. The lowest BCUT2D eigenvalue weighted by atomic mass is 10.2. The van der Waals surface area contributed by atoms with Gasteiger partial charge in [-0.3, -0.25) is 14.5 Å². The molecule has 0 unspecified atom stereocenters. The molecule has 2 N–H and O–H groups in total. The number of nitrogens with one attached hydrogen (secondary N) is 2. The highest BCUT2D eigenvalue weighted by Crippen LogP contribution is 2.34. The molecule has 0 bridgehead atoms. The van der Waals surface area contributed by atoms with E-state index in [-0.39, 0.29) is 17.9 Å². The van der Waals surface area contributed by atoms with Gasteiger partial charge in [0.25, 0.3) is 11.8 Å². The number of nitrogens with zero attached hydrogens (tertiary/aromatic N) is 1. The van der Waals surface area contributed by atoms with Gasteiger partial charge >= 0.3 is 0 Å². The van der Waals surface area contributed by atoms with E-state index in [9.17, 15) is 9.59 Å². The highest BCUT2D eigenvalue weighted by Gasteiger charge is 2.36. The van der Waals surface area contributed by atoms with Crippen LogP contribution in [0.1, 0.15) is 13.3 Å². The van der Waals surface area contributed by atoms with Gasteiger partial charge in [-0.1, -0.05) is 0 Å². The molecule has 6 nitrogen and oxygen atoms in total. The summed E-state index contributed by atoms with van der Waals surface area (Å²) in [6.07, 6.45) is 2.20. The van der Waals surface area contributed by atoms with Crippen LogP contribution in [0, 0.1) is 0 Å². The molecule has 2 aliphatic heterocycles. The average Bonchev–Trinajstić information content (AvgIpc) is 2.80. The van der Waals surface area contributed by atoms with Crippen molar-refractivity contribution in [3.63, 3.8) is 0 Å². The first-order valence-corrected chi connectivity index (χ1v) is 9.06. The molecule has 0 radical (unpaired) electrons. The van der Waals surface area contributed by atoms with E-state index in [1.54, 1.807) is 36.9 Å². The van der Waals surface area contributed by atoms with Crippen LogP contribution in [0.4, 0.5) is 11.4 Å². The zero-order valence-corrected chi connectivity index (χ0v) is 14.4. The Morgan fingerprint density at radius 3 is 2.91 bits per heavy atom. The average molecular weight is 351 g/mol. The van der Waals surface area contributed by atoms with Gasteiger partial charge in [-0.15, -0.1) is 0 Å². The van der Waals surface area contributed by atoms with Crippen LogP contribution in [-0.4, -0.2) is 41.1 Å². The predicted octanol–water partition coefficient (Wildman–Crippen LogP) is 1.75. The first kappa shape index (κ1) is 16.1. The van der Waals surface area contributed by atoms with Crippen LogP contribution in [0.5, 0.6) is 5.75 Å². The molecule has 0 aliphatic carbocycles. The summed E-state index contributed by atoms with van der Waals surface area (Å²) >= 11 is 6.98. The Bertz CT molecular complexity index is 680. The molecule has 122 valence electrons. The van der Waals surface area contributed by atoms with E-state index in [4.69, 9.17) is 17.0 Å². The van der Waals surface area contributed by atoms with Crippen molar-refractivity contribution in [1.29, 1.82) is 0 Å². The van der Waals surface area contributed by atoms with Gasteiger partial charge < -0.3 is 15.4 Å². The third-order valence-electron chi connectivity index (χ3n) is 3.78. The van der Waals surface area contributed by atoms with Gasteiger partial charge in [-0.25, -0.2) is 0 Å². The van der Waals surface area contributed by atoms with Crippen molar-refractivity contribution < 1.29 is 14.3 Å². The molecular formula is C15H17N3O3S2. The number of anilines is 2. The normalized spacial score (nSPS) is 23.2. The fraction of sp³-hybridized carbons (Fsp3) is 0.400. The topological polar surface area (TPSA) is 70.7 Å². The van der Waals surface area contributed by atoms with Crippen LogP contribution in [0.15, 0.2) is 18.2 Å². The van der Waals surface area contributed by atoms with Crippen molar-refractivity contribution in [2.45, 2.75) is 25.5 Å². The number of fused-ring (bicyclic) bond motifs is 1. The molecule has 23 heavy (non-hydrogen) atoms. The number of amides is 2. The Labute approximate surface area is 143 Å². The van der Waals surface area contributed by atoms with Crippen molar-refractivity contribution in [1.82, 2.24) is 5.32 Å². The minimum Gasteiger partial charge on any atom is -0.479 e. The highest BCUT2D eigenvalue weighted by atomic mass is 32.2. The van der Waals surface area contributed by atoms with E-state index in [2.05, 4.69) is 10.6 Å². The number of carbonyl (C=O) groups is 2. The maximum Gasteiger partial charge on any atom is 0.265 e. The molecule has 2 aliphatic rings. The van der Waals surface area contributed by atoms with Crippen LogP contribution >= 0.6 is 24.0 Å². The smallest absolute Gasteiger partial charge is 0.265 e. The zero-order chi connectivity index (χ0) is 16.6. The van der Waals surface area contributed by atoms with Crippen molar-refractivity contribution in [2.24, 2.45) is 0 Å². The molecule has 3 rings (SSSR count). The molecule has 8 heteroatoms. The summed E-state index contributed by atoms with van der Waals surface area (Å²) in [6, 6.07) is 4.93. The second kappa shape index (κ2) is 6.37. The summed E-state index contributed by atoms with van der Waals surface area (Å²) in [4.78, 5) is 25.8. The van der Waals surface area contributed by atoms with Gasteiger partial charge in [-0.05, 0) is 55.8 Å². The quantitative estimate of drug-likeness (QED) is 0.806. The van der Waals surface area contributed by atoms with Gasteiger partial charge in [0.05, 0.1) is 11.4 Å². The third kappa shape index (κ3) is 3.00. The summed E-state index contributed by atoms with van der Waals surface area (Å²) in [5.41, 5.74) is 1.17. The number of thiocarbonyl (C=S) groups is 1. The number of ether oxygens (including phenoxy) is 1. The fourth-order valence-electron chi connectivity index (χ4n) is 2.54. The summed E-state index contributed by atoms with van der Waals surface area (Å²) < 4.78 is 5.52. The predicted molar refractivity (Wildman–Crippen MR) is 95.2 cm³/mol. The number of carbonyl (C=O) groups excluding carboxylic acids is 2. The molecule has 1 saturated heterocycles. The van der Waals surface area contributed by atoms with Crippen LogP contribution < -0.4 is 20.3 Å². The third-order valence-corrected chi connectivity index (χ3v) is 4.73. The van der Waals surface area contributed by atoms with E-state index < -0.39 is 6.10 Å². The van der Waals surface area contributed by atoms with Crippen LogP contribution in [0.25, 0.3) is 0 Å². The highest BCUT2D eigenvalue weighted by molar-refractivity contribution is 7.98. The monoisotopic (exact) mass is 351 g/mol. The van der Waals surface area contributed by atoms with Crippen molar-refractivity contribution in [3.8, 4) is 5.75 Å². The molecule has 2 heterocycles. The van der Waals surface area contributed by atoms with Crippen molar-refractivity contribution >= 4 is 52.3 Å². The van der Waals surface area contributed by atoms with Gasteiger partial charge in [0.2, 0.25) is 0 Å². The summed E-state index contributed by atoms with van der Waals surface area (Å²) in [5.74, 6) is 1.19. The largest absolute Gasteiger partial charge is 0.479 e. The zero-order valence-electron chi connectivity index (χ0n) is 12.8. The molecule has 0 aromatic heterocycles. The number of benzene rings is 1. The van der Waals surface area contributed by atoms with E-state index in [1.807, 2.05) is 6.26 Å². The lowest BCUT2D eigenvalue weighted by molar-refractivity contribution is -0.122. The Morgan fingerprint density at radius 2 is 2.17 bits per heavy atom.